The molecule has 1 aromatic carbocycles. The van der Waals surface area contributed by atoms with Crippen LogP contribution in [0.4, 0.5) is 5.69 Å². The van der Waals surface area contributed by atoms with Gasteiger partial charge in [0.15, 0.2) is 0 Å². The van der Waals surface area contributed by atoms with Crippen molar-refractivity contribution in [1.29, 1.82) is 5.26 Å². The number of carbonyl (C=O) groups is 1. The third-order valence-corrected chi connectivity index (χ3v) is 3.18. The van der Waals surface area contributed by atoms with Crippen LogP contribution in [0.25, 0.3) is 0 Å². The first-order valence-corrected chi connectivity index (χ1v) is 7.02. The van der Waals surface area contributed by atoms with Crippen LogP contribution in [-0.2, 0) is 11.3 Å². The normalized spacial score (nSPS) is 10.3. The molecule has 0 heterocycles. The van der Waals surface area contributed by atoms with Gasteiger partial charge in [0.25, 0.3) is 0 Å². The second-order valence-electron chi connectivity index (χ2n) is 5.64. The number of hydrogen-bond donors (Lipinski definition) is 1. The van der Waals surface area contributed by atoms with Crippen LogP contribution in [-0.4, -0.2) is 44.5 Å². The lowest BCUT2D eigenvalue weighted by atomic mass is 10.1. The van der Waals surface area contributed by atoms with Crippen molar-refractivity contribution in [3.8, 4) is 6.07 Å². The van der Waals surface area contributed by atoms with Crippen LogP contribution >= 0.6 is 0 Å². The lowest BCUT2D eigenvalue weighted by Gasteiger charge is -2.22. The quantitative estimate of drug-likeness (QED) is 0.863. The van der Waals surface area contributed by atoms with Crippen molar-refractivity contribution in [2.45, 2.75) is 26.4 Å². The van der Waals surface area contributed by atoms with E-state index in [0.29, 0.717) is 11.6 Å². The fraction of sp³-hybridized carbons (Fsp3) is 0.500. The van der Waals surface area contributed by atoms with Gasteiger partial charge < -0.3 is 15.1 Å². The second kappa shape index (κ2) is 7.65. The van der Waals surface area contributed by atoms with E-state index >= 15 is 0 Å². The topological polar surface area (TPSA) is 59.4 Å². The highest BCUT2D eigenvalue weighted by atomic mass is 16.2. The van der Waals surface area contributed by atoms with Gasteiger partial charge in [-0.05, 0) is 17.7 Å². The number of anilines is 1. The first kappa shape index (κ1) is 17.0. The van der Waals surface area contributed by atoms with Crippen LogP contribution in [0, 0.1) is 11.3 Å². The van der Waals surface area contributed by atoms with Gasteiger partial charge in [0, 0.05) is 33.7 Å². The number of nitrogens with one attached hydrogen (secondary N) is 1. The van der Waals surface area contributed by atoms with Gasteiger partial charge in [0.1, 0.15) is 6.07 Å². The monoisotopic (exact) mass is 288 g/mol. The van der Waals surface area contributed by atoms with Gasteiger partial charge in [-0.3, -0.25) is 4.79 Å². The minimum absolute atomic E-state index is 0.00643. The summed E-state index contributed by atoms with van der Waals surface area (Å²) in [5.74, 6) is 0.00643. The fourth-order valence-corrected chi connectivity index (χ4v) is 1.87. The van der Waals surface area contributed by atoms with E-state index in [1.165, 1.54) is 0 Å². The molecule has 0 unspecified atom stereocenters. The van der Waals surface area contributed by atoms with Crippen molar-refractivity contribution in [2.75, 3.05) is 32.6 Å². The average Bonchev–Trinajstić information content (AvgIpc) is 2.44. The highest BCUT2D eigenvalue weighted by molar-refractivity contribution is 5.81. The molecule has 114 valence electrons. The van der Waals surface area contributed by atoms with Crippen molar-refractivity contribution in [3.63, 3.8) is 0 Å². The maximum Gasteiger partial charge on any atom is 0.241 e. The Bertz CT molecular complexity index is 532. The Balaban J connectivity index is 2.88. The molecule has 5 heteroatoms. The molecule has 1 rings (SSSR count). The SMILES string of the molecule is CC(C)NCc1ccc(N(C)CC(=O)N(C)C)c(C#N)c1. The number of carbonyl (C=O) groups excluding carboxylic acids is 1. The molecule has 1 amide bonds. The Kier molecular flexibility index (Phi) is 6.19. The van der Waals surface area contributed by atoms with E-state index < -0.39 is 0 Å². The standard InChI is InChI=1S/C16H24N4O/c1-12(2)18-10-13-6-7-15(14(8-13)9-17)20(5)11-16(21)19(3)4/h6-8,12,18H,10-11H2,1-5H3. The zero-order valence-electron chi connectivity index (χ0n) is 13.5. The predicted octanol–water partition coefficient (Wildman–Crippen LogP) is 1.58. The molecule has 0 bridgehead atoms. The first-order chi connectivity index (χ1) is 9.85. The van der Waals surface area contributed by atoms with Gasteiger partial charge in [-0.15, -0.1) is 0 Å². The van der Waals surface area contributed by atoms with Gasteiger partial charge in [0.2, 0.25) is 5.91 Å². The summed E-state index contributed by atoms with van der Waals surface area (Å²) in [4.78, 5) is 15.1. The third kappa shape index (κ3) is 5.09. The summed E-state index contributed by atoms with van der Waals surface area (Å²) >= 11 is 0. The first-order valence-electron chi connectivity index (χ1n) is 7.02. The molecule has 0 spiro atoms. The molecule has 0 fully saturated rings. The van der Waals surface area contributed by atoms with E-state index in [1.807, 2.05) is 25.2 Å². The zero-order valence-corrected chi connectivity index (χ0v) is 13.5. The lowest BCUT2D eigenvalue weighted by molar-refractivity contribution is -0.127. The number of likely N-dealkylation sites (N-methyl/N-ethyl adjacent to an activating group) is 2. The largest absolute Gasteiger partial charge is 0.364 e. The van der Waals surface area contributed by atoms with Gasteiger partial charge in [0.05, 0.1) is 17.8 Å². The maximum atomic E-state index is 11.8. The van der Waals surface area contributed by atoms with Crippen LogP contribution in [0.2, 0.25) is 0 Å². The average molecular weight is 288 g/mol. The summed E-state index contributed by atoms with van der Waals surface area (Å²) in [6.07, 6.45) is 0. The van der Waals surface area contributed by atoms with E-state index in [0.717, 1.165) is 17.8 Å². The molecule has 0 aliphatic rings. The van der Waals surface area contributed by atoms with Crippen LogP contribution in [0.15, 0.2) is 18.2 Å². The summed E-state index contributed by atoms with van der Waals surface area (Å²) in [6.45, 7) is 5.15. The van der Waals surface area contributed by atoms with Crippen molar-refractivity contribution in [1.82, 2.24) is 10.2 Å². The van der Waals surface area contributed by atoms with Gasteiger partial charge in [-0.1, -0.05) is 19.9 Å². The van der Waals surface area contributed by atoms with E-state index in [1.54, 1.807) is 23.9 Å². The minimum atomic E-state index is 0.00643. The van der Waals surface area contributed by atoms with Crippen LogP contribution in [0.3, 0.4) is 0 Å². The third-order valence-electron chi connectivity index (χ3n) is 3.18. The molecule has 1 aromatic rings. The van der Waals surface area contributed by atoms with Gasteiger partial charge >= 0.3 is 0 Å². The molecule has 0 atom stereocenters. The predicted molar refractivity (Wildman–Crippen MR) is 85.1 cm³/mol. The lowest BCUT2D eigenvalue weighted by Crippen LogP contribution is -2.34. The Morgan fingerprint density at radius 1 is 1.33 bits per heavy atom. The summed E-state index contributed by atoms with van der Waals surface area (Å²) in [5.41, 5.74) is 2.43. The summed E-state index contributed by atoms with van der Waals surface area (Å²) in [5, 5.41) is 12.6. The number of rotatable bonds is 6. The van der Waals surface area contributed by atoms with E-state index in [2.05, 4.69) is 25.2 Å². The molecule has 5 nitrogen and oxygen atoms in total. The molecule has 0 radical (unpaired) electrons. The highest BCUT2D eigenvalue weighted by Crippen LogP contribution is 2.20. The second-order valence-corrected chi connectivity index (χ2v) is 5.64. The van der Waals surface area contributed by atoms with Crippen molar-refractivity contribution >= 4 is 11.6 Å². The minimum Gasteiger partial charge on any atom is -0.364 e. The molecule has 0 saturated carbocycles. The smallest absolute Gasteiger partial charge is 0.241 e. The number of nitrogens with zero attached hydrogens (tertiary/aromatic N) is 3. The molecule has 0 aromatic heterocycles. The van der Waals surface area contributed by atoms with Gasteiger partial charge in [-0.2, -0.15) is 5.26 Å². The summed E-state index contributed by atoms with van der Waals surface area (Å²) < 4.78 is 0. The summed E-state index contributed by atoms with van der Waals surface area (Å²) in [7, 11) is 5.27. The van der Waals surface area contributed by atoms with Crippen LogP contribution in [0.5, 0.6) is 0 Å². The zero-order chi connectivity index (χ0) is 16.0. The van der Waals surface area contributed by atoms with Crippen molar-refractivity contribution in [3.05, 3.63) is 29.3 Å². The Morgan fingerprint density at radius 3 is 2.52 bits per heavy atom. The fourth-order valence-electron chi connectivity index (χ4n) is 1.87. The molecule has 0 saturated heterocycles. The van der Waals surface area contributed by atoms with Crippen LogP contribution in [0.1, 0.15) is 25.0 Å². The van der Waals surface area contributed by atoms with Crippen molar-refractivity contribution in [2.24, 2.45) is 0 Å². The van der Waals surface area contributed by atoms with E-state index in [-0.39, 0.29) is 12.5 Å². The van der Waals surface area contributed by atoms with E-state index in [4.69, 9.17) is 0 Å². The Labute approximate surface area is 127 Å². The van der Waals surface area contributed by atoms with Crippen molar-refractivity contribution < 1.29 is 4.79 Å². The molecule has 1 N–H and O–H groups in total. The van der Waals surface area contributed by atoms with Gasteiger partial charge in [-0.25, -0.2) is 0 Å². The summed E-state index contributed by atoms with van der Waals surface area (Å²) in [6, 6.07) is 8.38. The number of amides is 1. The Morgan fingerprint density at radius 2 is 2.00 bits per heavy atom. The number of nitriles is 1. The maximum absolute atomic E-state index is 11.8. The molecule has 0 aliphatic carbocycles. The highest BCUT2D eigenvalue weighted by Gasteiger charge is 2.13. The number of benzene rings is 1. The molecular formula is C16H24N4O. The molecule has 0 aliphatic heterocycles. The van der Waals surface area contributed by atoms with Crippen LogP contribution < -0.4 is 10.2 Å². The van der Waals surface area contributed by atoms with E-state index in [9.17, 15) is 10.1 Å². The number of hydrogen-bond acceptors (Lipinski definition) is 4. The molecular weight excluding hydrogens is 264 g/mol. The molecule has 21 heavy (non-hydrogen) atoms. The Hall–Kier alpha value is -2.06.